The van der Waals surface area contributed by atoms with E-state index in [4.69, 9.17) is 5.73 Å². The van der Waals surface area contributed by atoms with Crippen LogP contribution in [-0.2, 0) is 11.3 Å². The van der Waals surface area contributed by atoms with Crippen LogP contribution in [0, 0.1) is 5.82 Å². The number of halogens is 2. The molecule has 5 heteroatoms. The van der Waals surface area contributed by atoms with Crippen molar-refractivity contribution in [2.24, 2.45) is 5.73 Å². The highest BCUT2D eigenvalue weighted by Crippen LogP contribution is 2.17. The molecule has 0 heterocycles. The van der Waals surface area contributed by atoms with E-state index >= 15 is 0 Å². The van der Waals surface area contributed by atoms with Crippen LogP contribution in [0.1, 0.15) is 12.0 Å². The van der Waals surface area contributed by atoms with E-state index in [-0.39, 0.29) is 11.7 Å². The van der Waals surface area contributed by atoms with Gasteiger partial charge in [-0.3, -0.25) is 4.79 Å². The van der Waals surface area contributed by atoms with Crippen LogP contribution in [0.5, 0.6) is 0 Å². The highest BCUT2D eigenvalue weighted by Gasteiger charge is 2.01. The Hall–Kier alpha value is -0.940. The van der Waals surface area contributed by atoms with Gasteiger partial charge in [-0.25, -0.2) is 4.39 Å². The van der Waals surface area contributed by atoms with Gasteiger partial charge in [-0.2, -0.15) is 0 Å². The quantitative estimate of drug-likeness (QED) is 0.801. The molecular weight excluding hydrogens is 263 g/mol. The Morgan fingerprint density at radius 2 is 2.27 bits per heavy atom. The fourth-order valence-electron chi connectivity index (χ4n) is 1.10. The normalized spacial score (nSPS) is 10.3. The molecule has 0 aliphatic carbocycles. The third-order valence-corrected chi connectivity index (χ3v) is 2.62. The molecule has 0 atom stereocenters. The van der Waals surface area contributed by atoms with E-state index in [2.05, 4.69) is 21.2 Å². The van der Waals surface area contributed by atoms with Crippen molar-refractivity contribution in [1.29, 1.82) is 0 Å². The zero-order chi connectivity index (χ0) is 11.3. The van der Waals surface area contributed by atoms with Gasteiger partial charge < -0.3 is 11.1 Å². The fraction of sp³-hybridized carbons (Fsp3) is 0.300. The average molecular weight is 275 g/mol. The molecule has 1 rings (SSSR count). The summed E-state index contributed by atoms with van der Waals surface area (Å²) >= 11 is 3.26. The lowest BCUT2D eigenvalue weighted by molar-refractivity contribution is -0.117. The van der Waals surface area contributed by atoms with Crippen molar-refractivity contribution in [1.82, 2.24) is 5.32 Å². The number of rotatable bonds is 5. The SMILES string of the molecule is NC(=O)CCNCc1ccc(F)cc1Br. The minimum atomic E-state index is -0.333. The molecule has 1 aromatic rings. The Balaban J connectivity index is 2.40. The monoisotopic (exact) mass is 274 g/mol. The molecule has 0 aliphatic heterocycles. The summed E-state index contributed by atoms with van der Waals surface area (Å²) in [6.45, 7) is 1.10. The summed E-state index contributed by atoms with van der Waals surface area (Å²) in [5.74, 6) is -0.608. The molecular formula is C10H12BrFN2O. The number of hydrogen-bond acceptors (Lipinski definition) is 2. The second-order valence-electron chi connectivity index (χ2n) is 3.13. The lowest BCUT2D eigenvalue weighted by atomic mass is 10.2. The lowest BCUT2D eigenvalue weighted by Crippen LogP contribution is -2.21. The first-order valence-corrected chi connectivity index (χ1v) is 5.32. The number of benzene rings is 1. The minimum Gasteiger partial charge on any atom is -0.370 e. The smallest absolute Gasteiger partial charge is 0.218 e. The Morgan fingerprint density at radius 1 is 1.53 bits per heavy atom. The van der Waals surface area contributed by atoms with Crippen LogP contribution >= 0.6 is 15.9 Å². The summed E-state index contributed by atoms with van der Waals surface area (Å²) in [5.41, 5.74) is 5.93. The summed E-state index contributed by atoms with van der Waals surface area (Å²) in [6, 6.07) is 4.50. The van der Waals surface area contributed by atoms with E-state index in [9.17, 15) is 9.18 Å². The maximum atomic E-state index is 12.7. The van der Waals surface area contributed by atoms with Crippen molar-refractivity contribution in [3.63, 3.8) is 0 Å². The zero-order valence-corrected chi connectivity index (χ0v) is 9.68. The summed E-state index contributed by atoms with van der Waals surface area (Å²) in [4.78, 5) is 10.4. The van der Waals surface area contributed by atoms with Gasteiger partial charge in [-0.15, -0.1) is 0 Å². The van der Waals surface area contributed by atoms with E-state index in [0.717, 1.165) is 5.56 Å². The van der Waals surface area contributed by atoms with Crippen LogP contribution in [0.2, 0.25) is 0 Å². The molecule has 3 nitrogen and oxygen atoms in total. The summed E-state index contributed by atoms with van der Waals surface area (Å²) in [5, 5.41) is 3.04. The highest BCUT2D eigenvalue weighted by molar-refractivity contribution is 9.10. The lowest BCUT2D eigenvalue weighted by Gasteiger charge is -2.05. The van der Waals surface area contributed by atoms with Crippen molar-refractivity contribution in [3.05, 3.63) is 34.1 Å². The van der Waals surface area contributed by atoms with Crippen LogP contribution in [0.15, 0.2) is 22.7 Å². The zero-order valence-electron chi connectivity index (χ0n) is 8.09. The van der Waals surface area contributed by atoms with Crippen LogP contribution in [0.3, 0.4) is 0 Å². The van der Waals surface area contributed by atoms with Gasteiger partial charge in [0.1, 0.15) is 5.82 Å². The molecule has 0 bridgehead atoms. The van der Waals surface area contributed by atoms with Gasteiger partial charge in [-0.05, 0) is 17.7 Å². The average Bonchev–Trinajstić information content (AvgIpc) is 2.14. The predicted molar refractivity (Wildman–Crippen MR) is 59.6 cm³/mol. The third kappa shape index (κ3) is 4.40. The van der Waals surface area contributed by atoms with Crippen molar-refractivity contribution in [2.45, 2.75) is 13.0 Å². The van der Waals surface area contributed by atoms with Gasteiger partial charge in [-0.1, -0.05) is 22.0 Å². The summed E-state index contributed by atoms with van der Waals surface area (Å²) in [7, 11) is 0. The van der Waals surface area contributed by atoms with Gasteiger partial charge in [0.05, 0.1) is 0 Å². The van der Waals surface area contributed by atoms with Crippen molar-refractivity contribution < 1.29 is 9.18 Å². The topological polar surface area (TPSA) is 55.1 Å². The number of carbonyl (C=O) groups is 1. The van der Waals surface area contributed by atoms with E-state index in [1.807, 2.05) is 0 Å². The number of amides is 1. The molecule has 0 saturated heterocycles. The molecule has 0 aromatic heterocycles. The van der Waals surface area contributed by atoms with Gasteiger partial charge in [0.25, 0.3) is 0 Å². The van der Waals surface area contributed by atoms with Gasteiger partial charge in [0, 0.05) is 24.0 Å². The van der Waals surface area contributed by atoms with Crippen LogP contribution in [0.4, 0.5) is 4.39 Å². The standard InChI is InChI=1S/C10H12BrFN2O/c11-9-5-8(12)2-1-7(9)6-14-4-3-10(13)15/h1-2,5,14H,3-4,6H2,(H2,13,15). The van der Waals surface area contributed by atoms with Gasteiger partial charge in [0.15, 0.2) is 0 Å². The summed E-state index contributed by atoms with van der Waals surface area (Å²) < 4.78 is 13.4. The Morgan fingerprint density at radius 3 is 2.87 bits per heavy atom. The number of nitrogens with one attached hydrogen (secondary N) is 1. The second-order valence-corrected chi connectivity index (χ2v) is 3.98. The first kappa shape index (κ1) is 12.1. The van der Waals surface area contributed by atoms with E-state index in [1.54, 1.807) is 6.07 Å². The number of carbonyl (C=O) groups excluding carboxylic acids is 1. The molecule has 1 amide bonds. The molecule has 0 aliphatic rings. The minimum absolute atomic E-state index is 0.275. The maximum absolute atomic E-state index is 12.7. The van der Waals surface area contributed by atoms with Crippen molar-refractivity contribution >= 4 is 21.8 Å². The molecule has 0 fully saturated rings. The van der Waals surface area contributed by atoms with E-state index in [0.29, 0.717) is 24.0 Å². The molecule has 0 saturated carbocycles. The first-order valence-electron chi connectivity index (χ1n) is 4.52. The molecule has 15 heavy (non-hydrogen) atoms. The molecule has 0 radical (unpaired) electrons. The maximum Gasteiger partial charge on any atom is 0.218 e. The Labute approximate surface area is 96.0 Å². The second kappa shape index (κ2) is 5.82. The van der Waals surface area contributed by atoms with Crippen molar-refractivity contribution in [2.75, 3.05) is 6.54 Å². The van der Waals surface area contributed by atoms with Gasteiger partial charge >= 0.3 is 0 Å². The van der Waals surface area contributed by atoms with Crippen LogP contribution in [-0.4, -0.2) is 12.5 Å². The summed E-state index contributed by atoms with van der Waals surface area (Å²) in [6.07, 6.45) is 0.304. The van der Waals surface area contributed by atoms with Crippen molar-refractivity contribution in [3.8, 4) is 0 Å². The van der Waals surface area contributed by atoms with Crippen LogP contribution in [0.25, 0.3) is 0 Å². The number of hydrogen-bond donors (Lipinski definition) is 2. The molecule has 0 spiro atoms. The number of primary amides is 1. The molecule has 0 unspecified atom stereocenters. The van der Waals surface area contributed by atoms with E-state index < -0.39 is 0 Å². The Kier molecular flexibility index (Phi) is 4.71. The van der Waals surface area contributed by atoms with Crippen LogP contribution < -0.4 is 11.1 Å². The predicted octanol–water partition coefficient (Wildman–Crippen LogP) is 1.55. The highest BCUT2D eigenvalue weighted by atomic mass is 79.9. The largest absolute Gasteiger partial charge is 0.370 e. The molecule has 3 N–H and O–H groups in total. The van der Waals surface area contributed by atoms with E-state index in [1.165, 1.54) is 12.1 Å². The third-order valence-electron chi connectivity index (χ3n) is 1.88. The molecule has 82 valence electrons. The first-order chi connectivity index (χ1) is 7.09. The Bertz CT molecular complexity index is 357. The van der Waals surface area contributed by atoms with Gasteiger partial charge in [0.2, 0.25) is 5.91 Å². The fourth-order valence-corrected chi connectivity index (χ4v) is 1.59. The molecule has 1 aromatic carbocycles. The number of nitrogens with two attached hydrogens (primary N) is 1.